The number of carbonyl (C=O) groups is 2. The van der Waals surface area contributed by atoms with Crippen LogP contribution in [-0.4, -0.2) is 27.3 Å². The van der Waals surface area contributed by atoms with E-state index in [0.29, 0.717) is 33.6 Å². The van der Waals surface area contributed by atoms with Crippen LogP contribution in [0.2, 0.25) is 0 Å². The minimum absolute atomic E-state index is 0.132. The zero-order valence-corrected chi connectivity index (χ0v) is 24.8. The van der Waals surface area contributed by atoms with E-state index in [1.54, 1.807) is 66.7 Å². The third-order valence-electron chi connectivity index (χ3n) is 6.58. The molecule has 1 aliphatic heterocycles. The van der Waals surface area contributed by atoms with E-state index >= 15 is 0 Å². The monoisotopic (exact) mass is 599 g/mol. The van der Waals surface area contributed by atoms with Crippen molar-refractivity contribution in [3.8, 4) is 5.75 Å². The van der Waals surface area contributed by atoms with Gasteiger partial charge in [0.25, 0.3) is 21.8 Å². The van der Waals surface area contributed by atoms with Crippen molar-refractivity contribution >= 4 is 50.7 Å². The zero-order chi connectivity index (χ0) is 29.9. The maximum atomic E-state index is 13.8. The number of methoxy groups -OCH3 is 1. The molecule has 0 bridgehead atoms. The predicted molar refractivity (Wildman–Crippen MR) is 166 cm³/mol. The Balaban J connectivity index is 1.47. The maximum Gasteiger partial charge on any atom is 0.283 e. The number of hydrogen-bond acceptors (Lipinski definition) is 7. The molecule has 8 nitrogen and oxygen atoms in total. The Kier molecular flexibility index (Phi) is 8.37. The lowest BCUT2D eigenvalue weighted by atomic mass is 10.0. The molecule has 2 N–H and O–H groups in total. The molecular formula is C32H29N3O5S2. The Hall–Kier alpha value is -4.54. The second kappa shape index (κ2) is 12.1. The second-order valence-corrected chi connectivity index (χ2v) is 12.6. The lowest BCUT2D eigenvalue weighted by Gasteiger charge is -2.16. The van der Waals surface area contributed by atoms with Crippen LogP contribution in [0.3, 0.4) is 0 Å². The lowest BCUT2D eigenvalue weighted by molar-refractivity contribution is -0.120. The number of sulfonamides is 1. The van der Waals surface area contributed by atoms with Crippen molar-refractivity contribution < 1.29 is 22.7 Å². The fraction of sp³-hybridized carbons (Fsp3) is 0.125. The van der Waals surface area contributed by atoms with Gasteiger partial charge >= 0.3 is 0 Å². The third kappa shape index (κ3) is 6.19. The smallest absolute Gasteiger partial charge is 0.283 e. The van der Waals surface area contributed by atoms with Gasteiger partial charge in [-0.05, 0) is 78.2 Å². The molecule has 2 amide bonds. The van der Waals surface area contributed by atoms with Crippen molar-refractivity contribution in [2.75, 3.05) is 22.0 Å². The second-order valence-electron chi connectivity index (χ2n) is 9.80. The van der Waals surface area contributed by atoms with E-state index in [1.807, 2.05) is 24.3 Å². The first-order valence-electron chi connectivity index (χ1n) is 13.2. The van der Waals surface area contributed by atoms with Crippen molar-refractivity contribution in [1.82, 2.24) is 0 Å². The molecule has 5 rings (SSSR count). The summed E-state index contributed by atoms with van der Waals surface area (Å²) in [5.41, 5.74) is 2.67. The van der Waals surface area contributed by atoms with Crippen LogP contribution in [0.15, 0.2) is 124 Å². The van der Waals surface area contributed by atoms with Crippen LogP contribution in [0.1, 0.15) is 25.3 Å². The van der Waals surface area contributed by atoms with Gasteiger partial charge in [-0.25, -0.2) is 13.3 Å². The minimum Gasteiger partial charge on any atom is -0.497 e. The number of ether oxygens (including phenoxy) is 1. The Morgan fingerprint density at radius 2 is 1.48 bits per heavy atom. The molecule has 4 aromatic carbocycles. The fourth-order valence-electron chi connectivity index (χ4n) is 4.33. The van der Waals surface area contributed by atoms with Crippen LogP contribution in [0.5, 0.6) is 5.75 Å². The average Bonchev–Trinajstić information content (AvgIpc) is 3.21. The highest BCUT2D eigenvalue weighted by Gasteiger charge is 2.40. The Labute approximate surface area is 249 Å². The average molecular weight is 600 g/mol. The molecule has 0 unspecified atom stereocenters. The van der Waals surface area contributed by atoms with E-state index < -0.39 is 21.8 Å². The molecule has 0 aliphatic carbocycles. The van der Waals surface area contributed by atoms with Crippen molar-refractivity contribution in [3.63, 3.8) is 0 Å². The highest BCUT2D eigenvalue weighted by molar-refractivity contribution is 8.04. The molecule has 0 aromatic heterocycles. The summed E-state index contributed by atoms with van der Waals surface area (Å²) >= 11 is 1.09. The van der Waals surface area contributed by atoms with Crippen LogP contribution in [0, 0.1) is 0 Å². The summed E-state index contributed by atoms with van der Waals surface area (Å²) in [6, 6.07) is 29.1. The van der Waals surface area contributed by atoms with E-state index in [9.17, 15) is 18.0 Å². The number of anilines is 3. The number of nitrogens with one attached hydrogen (secondary N) is 2. The number of imide groups is 1. The summed E-state index contributed by atoms with van der Waals surface area (Å²) in [4.78, 5) is 29.5. The van der Waals surface area contributed by atoms with Gasteiger partial charge in [-0.1, -0.05) is 62.0 Å². The van der Waals surface area contributed by atoms with E-state index in [0.717, 1.165) is 22.2 Å². The van der Waals surface area contributed by atoms with Gasteiger partial charge in [-0.15, -0.1) is 0 Å². The molecule has 214 valence electrons. The molecule has 0 radical (unpaired) electrons. The first-order chi connectivity index (χ1) is 20.2. The third-order valence-corrected chi connectivity index (χ3v) is 9.05. The van der Waals surface area contributed by atoms with Gasteiger partial charge in [0.2, 0.25) is 0 Å². The van der Waals surface area contributed by atoms with Crippen LogP contribution in [0.4, 0.5) is 17.1 Å². The summed E-state index contributed by atoms with van der Waals surface area (Å²) in [7, 11) is -2.27. The highest BCUT2D eigenvalue weighted by Crippen LogP contribution is 2.39. The largest absolute Gasteiger partial charge is 0.497 e. The molecule has 0 saturated heterocycles. The lowest BCUT2D eigenvalue weighted by Crippen LogP contribution is -2.32. The van der Waals surface area contributed by atoms with Gasteiger partial charge in [-0.3, -0.25) is 14.3 Å². The Bertz CT molecular complexity index is 1750. The molecule has 0 spiro atoms. The topological polar surface area (TPSA) is 105 Å². The van der Waals surface area contributed by atoms with Crippen molar-refractivity contribution in [1.29, 1.82) is 0 Å². The summed E-state index contributed by atoms with van der Waals surface area (Å²) in [6.07, 6.45) is 0. The molecule has 1 heterocycles. The first-order valence-corrected chi connectivity index (χ1v) is 15.5. The van der Waals surface area contributed by atoms with E-state index in [2.05, 4.69) is 23.9 Å². The first kappa shape index (κ1) is 29.0. The summed E-state index contributed by atoms with van der Waals surface area (Å²) < 4.78 is 33.5. The Morgan fingerprint density at radius 1 is 0.786 bits per heavy atom. The van der Waals surface area contributed by atoms with E-state index in [-0.39, 0.29) is 15.5 Å². The molecule has 0 atom stereocenters. The summed E-state index contributed by atoms with van der Waals surface area (Å²) in [6.45, 7) is 4.19. The molecule has 4 aromatic rings. The number of amides is 2. The number of hydrogen-bond donors (Lipinski definition) is 2. The van der Waals surface area contributed by atoms with Crippen LogP contribution >= 0.6 is 11.8 Å². The van der Waals surface area contributed by atoms with Crippen LogP contribution in [0.25, 0.3) is 0 Å². The normalized spacial score (nSPS) is 13.6. The van der Waals surface area contributed by atoms with Gasteiger partial charge in [0, 0.05) is 16.3 Å². The Morgan fingerprint density at radius 3 is 2.12 bits per heavy atom. The number of thioether (sulfide) groups is 1. The van der Waals surface area contributed by atoms with Crippen molar-refractivity contribution in [2.45, 2.75) is 29.6 Å². The van der Waals surface area contributed by atoms with Crippen molar-refractivity contribution in [3.05, 3.63) is 119 Å². The standard InChI is InChI=1S/C32H29N3O5S2/c1-21(2)22-12-14-23(15-13-22)33-29-30(32(37)35(31(29)36)25-16-18-26(40-3)19-17-25)41-27-9-7-8-24(20-27)34-42(38,39)28-10-5-4-6-11-28/h4-21,33-34H,1-3H3. The SMILES string of the molecule is COc1ccc(N2C(=O)C(Nc3ccc(C(C)C)cc3)=C(Sc3cccc(NS(=O)(=O)c4ccccc4)c3)C2=O)cc1. The fourth-order valence-corrected chi connectivity index (χ4v) is 6.39. The summed E-state index contributed by atoms with van der Waals surface area (Å²) in [5, 5.41) is 3.16. The quantitative estimate of drug-likeness (QED) is 0.198. The number of benzene rings is 4. The molecule has 0 saturated carbocycles. The van der Waals surface area contributed by atoms with E-state index in [1.165, 1.54) is 19.2 Å². The molecular weight excluding hydrogens is 571 g/mol. The summed E-state index contributed by atoms with van der Waals surface area (Å²) in [5.74, 6) is -0.0525. The van der Waals surface area contributed by atoms with Gasteiger partial charge in [0.15, 0.2) is 0 Å². The highest BCUT2D eigenvalue weighted by atomic mass is 32.2. The van der Waals surface area contributed by atoms with Gasteiger partial charge in [0.1, 0.15) is 16.4 Å². The van der Waals surface area contributed by atoms with Crippen LogP contribution < -0.4 is 19.7 Å². The molecule has 0 fully saturated rings. The predicted octanol–water partition coefficient (Wildman–Crippen LogP) is 6.61. The van der Waals surface area contributed by atoms with Crippen molar-refractivity contribution in [2.24, 2.45) is 0 Å². The van der Waals surface area contributed by atoms with Gasteiger partial charge < -0.3 is 10.1 Å². The van der Waals surface area contributed by atoms with E-state index in [4.69, 9.17) is 4.74 Å². The zero-order valence-electron chi connectivity index (χ0n) is 23.2. The molecule has 42 heavy (non-hydrogen) atoms. The number of rotatable bonds is 10. The number of carbonyl (C=O) groups excluding carboxylic acids is 2. The van der Waals surface area contributed by atoms with Crippen LogP contribution in [-0.2, 0) is 19.6 Å². The molecule has 1 aliphatic rings. The van der Waals surface area contributed by atoms with Gasteiger partial charge in [-0.2, -0.15) is 0 Å². The molecule has 10 heteroatoms. The van der Waals surface area contributed by atoms with Gasteiger partial charge in [0.05, 0.1) is 17.7 Å². The minimum atomic E-state index is -3.81. The maximum absolute atomic E-state index is 13.8. The number of nitrogens with zero attached hydrogens (tertiary/aromatic N) is 1.